The quantitative estimate of drug-likeness (QED) is 0.564. The van der Waals surface area contributed by atoms with Gasteiger partial charge < -0.3 is 4.74 Å². The maximum absolute atomic E-state index is 5.17. The van der Waals surface area contributed by atoms with Gasteiger partial charge in [0.2, 0.25) is 0 Å². The fraction of sp³-hybridized carbons (Fsp3) is 0.500. The van der Waals surface area contributed by atoms with Crippen LogP contribution in [0.15, 0.2) is 12.5 Å². The van der Waals surface area contributed by atoms with E-state index in [0.717, 1.165) is 24.5 Å². The first-order valence-electron chi connectivity index (χ1n) is 3.88. The highest BCUT2D eigenvalue weighted by atomic mass is 16.5. The SMILES string of the molecule is CC.c1ncc2c(n1)CCO2. The van der Waals surface area contributed by atoms with Crippen LogP contribution in [0, 0.1) is 0 Å². The van der Waals surface area contributed by atoms with Crippen molar-refractivity contribution in [1.29, 1.82) is 0 Å². The number of rotatable bonds is 0. The van der Waals surface area contributed by atoms with Crippen molar-refractivity contribution in [2.75, 3.05) is 6.61 Å². The summed E-state index contributed by atoms with van der Waals surface area (Å²) in [5.41, 5.74) is 1.03. The average molecular weight is 152 g/mol. The molecule has 0 atom stereocenters. The number of hydrogen-bond acceptors (Lipinski definition) is 3. The second kappa shape index (κ2) is 3.91. The van der Waals surface area contributed by atoms with E-state index >= 15 is 0 Å². The Balaban J connectivity index is 0.000000281. The largest absolute Gasteiger partial charge is 0.490 e. The van der Waals surface area contributed by atoms with Gasteiger partial charge in [-0.15, -0.1) is 0 Å². The summed E-state index contributed by atoms with van der Waals surface area (Å²) in [5, 5.41) is 0. The lowest BCUT2D eigenvalue weighted by atomic mass is 10.3. The van der Waals surface area contributed by atoms with E-state index < -0.39 is 0 Å². The van der Waals surface area contributed by atoms with Crippen LogP contribution in [-0.2, 0) is 6.42 Å². The predicted octanol–water partition coefficient (Wildman–Crippen LogP) is 1.44. The van der Waals surface area contributed by atoms with E-state index in [1.54, 1.807) is 12.5 Å². The van der Waals surface area contributed by atoms with Crippen LogP contribution in [0.25, 0.3) is 0 Å². The smallest absolute Gasteiger partial charge is 0.159 e. The normalized spacial score (nSPS) is 12.5. The molecule has 0 spiro atoms. The van der Waals surface area contributed by atoms with Crippen LogP contribution in [0.5, 0.6) is 5.75 Å². The molecule has 60 valence electrons. The van der Waals surface area contributed by atoms with Gasteiger partial charge in [-0.05, 0) is 0 Å². The molecular weight excluding hydrogens is 140 g/mol. The van der Waals surface area contributed by atoms with E-state index in [1.807, 2.05) is 13.8 Å². The third-order valence-corrected chi connectivity index (χ3v) is 1.35. The van der Waals surface area contributed by atoms with E-state index in [1.165, 1.54) is 0 Å². The van der Waals surface area contributed by atoms with E-state index in [4.69, 9.17) is 4.74 Å². The summed E-state index contributed by atoms with van der Waals surface area (Å²) < 4.78 is 5.17. The van der Waals surface area contributed by atoms with Gasteiger partial charge in [-0.2, -0.15) is 0 Å². The van der Waals surface area contributed by atoms with Crippen molar-refractivity contribution < 1.29 is 4.74 Å². The Morgan fingerprint density at radius 1 is 1.45 bits per heavy atom. The molecule has 2 heterocycles. The van der Waals surface area contributed by atoms with E-state index in [0.29, 0.717) is 0 Å². The number of aromatic nitrogens is 2. The second-order valence-electron chi connectivity index (χ2n) is 1.93. The monoisotopic (exact) mass is 152 g/mol. The fourth-order valence-electron chi connectivity index (χ4n) is 0.908. The predicted molar refractivity (Wildman–Crippen MR) is 42.6 cm³/mol. The van der Waals surface area contributed by atoms with Gasteiger partial charge in [0, 0.05) is 6.42 Å². The van der Waals surface area contributed by atoms with Gasteiger partial charge in [-0.1, -0.05) is 13.8 Å². The van der Waals surface area contributed by atoms with Crippen molar-refractivity contribution >= 4 is 0 Å². The topological polar surface area (TPSA) is 35.0 Å². The maximum atomic E-state index is 5.17. The molecule has 2 rings (SSSR count). The third-order valence-electron chi connectivity index (χ3n) is 1.35. The minimum absolute atomic E-state index is 0.758. The molecule has 3 heteroatoms. The molecule has 0 aliphatic carbocycles. The molecule has 1 aromatic rings. The summed E-state index contributed by atoms with van der Waals surface area (Å²) >= 11 is 0. The molecule has 0 amide bonds. The minimum atomic E-state index is 0.758. The molecular formula is C8H12N2O. The fourth-order valence-corrected chi connectivity index (χ4v) is 0.908. The Hall–Kier alpha value is -1.12. The lowest BCUT2D eigenvalue weighted by Gasteiger charge is -1.92. The molecule has 0 fully saturated rings. The number of nitrogens with zero attached hydrogens (tertiary/aromatic N) is 2. The third kappa shape index (κ3) is 1.67. The Morgan fingerprint density at radius 3 is 3.00 bits per heavy atom. The highest BCUT2D eigenvalue weighted by Gasteiger charge is 2.11. The van der Waals surface area contributed by atoms with Crippen LogP contribution in [0.2, 0.25) is 0 Å². The molecule has 11 heavy (non-hydrogen) atoms. The van der Waals surface area contributed by atoms with Crippen molar-refractivity contribution in [2.24, 2.45) is 0 Å². The molecule has 1 aliphatic rings. The molecule has 0 unspecified atom stereocenters. The lowest BCUT2D eigenvalue weighted by molar-refractivity contribution is 0.355. The zero-order chi connectivity index (χ0) is 8.10. The van der Waals surface area contributed by atoms with Gasteiger partial charge in [0.25, 0.3) is 0 Å². The first kappa shape index (κ1) is 7.98. The van der Waals surface area contributed by atoms with Crippen LogP contribution in [0.3, 0.4) is 0 Å². The van der Waals surface area contributed by atoms with E-state index in [9.17, 15) is 0 Å². The van der Waals surface area contributed by atoms with Gasteiger partial charge in [-0.25, -0.2) is 9.97 Å². The van der Waals surface area contributed by atoms with Crippen LogP contribution >= 0.6 is 0 Å². The van der Waals surface area contributed by atoms with Crippen LogP contribution in [-0.4, -0.2) is 16.6 Å². The van der Waals surface area contributed by atoms with Gasteiger partial charge in [0.15, 0.2) is 5.75 Å². The summed E-state index contributed by atoms with van der Waals surface area (Å²) in [7, 11) is 0. The zero-order valence-corrected chi connectivity index (χ0v) is 6.87. The summed E-state index contributed by atoms with van der Waals surface area (Å²) in [5.74, 6) is 0.845. The Bertz CT molecular complexity index is 202. The molecule has 1 aromatic heterocycles. The first-order valence-corrected chi connectivity index (χ1v) is 3.88. The van der Waals surface area contributed by atoms with E-state index in [-0.39, 0.29) is 0 Å². The highest BCUT2D eigenvalue weighted by Crippen LogP contribution is 2.19. The number of ether oxygens (including phenoxy) is 1. The molecule has 0 radical (unpaired) electrons. The minimum Gasteiger partial charge on any atom is -0.490 e. The summed E-state index contributed by atoms with van der Waals surface area (Å²) in [4.78, 5) is 7.84. The van der Waals surface area contributed by atoms with E-state index in [2.05, 4.69) is 9.97 Å². The van der Waals surface area contributed by atoms with Crippen LogP contribution in [0.4, 0.5) is 0 Å². The standard InChI is InChI=1S/C6H6N2O.C2H6/c1-2-9-6-3-7-4-8-5(1)6;1-2/h3-4H,1-2H2;1-2H3. The van der Waals surface area contributed by atoms with Crippen molar-refractivity contribution in [3.05, 3.63) is 18.2 Å². The highest BCUT2D eigenvalue weighted by molar-refractivity contribution is 5.26. The molecule has 0 aromatic carbocycles. The lowest BCUT2D eigenvalue weighted by Crippen LogP contribution is -1.86. The van der Waals surface area contributed by atoms with Gasteiger partial charge in [0.05, 0.1) is 18.5 Å². The maximum Gasteiger partial charge on any atom is 0.159 e. The Kier molecular flexibility index (Phi) is 2.83. The van der Waals surface area contributed by atoms with Gasteiger partial charge >= 0.3 is 0 Å². The van der Waals surface area contributed by atoms with Gasteiger partial charge in [0.1, 0.15) is 6.33 Å². The van der Waals surface area contributed by atoms with Crippen molar-refractivity contribution in [2.45, 2.75) is 20.3 Å². The molecule has 0 saturated heterocycles. The Labute approximate surface area is 66.4 Å². The first-order chi connectivity index (χ1) is 5.47. The van der Waals surface area contributed by atoms with Crippen molar-refractivity contribution in [1.82, 2.24) is 9.97 Å². The second-order valence-corrected chi connectivity index (χ2v) is 1.93. The van der Waals surface area contributed by atoms with Crippen molar-refractivity contribution in [3.8, 4) is 5.75 Å². The molecule has 3 nitrogen and oxygen atoms in total. The summed E-state index contributed by atoms with van der Waals surface area (Å²) in [6.07, 6.45) is 4.18. The van der Waals surface area contributed by atoms with Crippen molar-refractivity contribution in [3.63, 3.8) is 0 Å². The number of hydrogen-bond donors (Lipinski definition) is 0. The van der Waals surface area contributed by atoms with Gasteiger partial charge in [-0.3, -0.25) is 0 Å². The molecule has 0 N–H and O–H groups in total. The number of fused-ring (bicyclic) bond motifs is 1. The molecule has 1 aliphatic heterocycles. The van der Waals surface area contributed by atoms with Crippen LogP contribution < -0.4 is 4.74 Å². The summed E-state index contributed by atoms with van der Waals surface area (Å²) in [6, 6.07) is 0. The Morgan fingerprint density at radius 2 is 2.27 bits per heavy atom. The average Bonchev–Trinajstić information content (AvgIpc) is 2.55. The summed E-state index contributed by atoms with van der Waals surface area (Å²) in [6.45, 7) is 4.76. The molecule has 0 saturated carbocycles. The van der Waals surface area contributed by atoms with Crippen LogP contribution in [0.1, 0.15) is 19.5 Å². The zero-order valence-electron chi connectivity index (χ0n) is 6.87. The molecule has 0 bridgehead atoms.